The smallest absolute Gasteiger partial charge is 0.0670 e. The van der Waals surface area contributed by atoms with E-state index in [1.54, 1.807) is 0 Å². The molecule has 0 saturated carbocycles. The van der Waals surface area contributed by atoms with E-state index in [2.05, 4.69) is 25.7 Å². The third-order valence-corrected chi connectivity index (χ3v) is 4.83. The lowest BCUT2D eigenvalue weighted by molar-refractivity contribution is -0.153. The highest BCUT2D eigenvalue weighted by Crippen LogP contribution is 2.39. The summed E-state index contributed by atoms with van der Waals surface area (Å²) in [6.45, 7) is 10.9. The highest BCUT2D eigenvalue weighted by Gasteiger charge is 2.47. The van der Waals surface area contributed by atoms with E-state index >= 15 is 0 Å². The average molecular weight is 256 g/mol. The maximum Gasteiger partial charge on any atom is 0.0670 e. The molecule has 0 bridgehead atoms. The van der Waals surface area contributed by atoms with Crippen molar-refractivity contribution in [2.24, 2.45) is 5.73 Å². The van der Waals surface area contributed by atoms with Crippen molar-refractivity contribution < 1.29 is 9.47 Å². The lowest BCUT2D eigenvalue weighted by Gasteiger charge is -2.54. The molecule has 2 heterocycles. The lowest BCUT2D eigenvalue weighted by Crippen LogP contribution is -2.65. The molecule has 2 saturated heterocycles. The second-order valence-electron chi connectivity index (χ2n) is 6.12. The highest BCUT2D eigenvalue weighted by atomic mass is 16.5. The number of rotatable bonds is 3. The highest BCUT2D eigenvalue weighted by molar-refractivity contribution is 5.02. The van der Waals surface area contributed by atoms with Crippen molar-refractivity contribution >= 4 is 0 Å². The quantitative estimate of drug-likeness (QED) is 0.829. The zero-order valence-corrected chi connectivity index (χ0v) is 12.1. The van der Waals surface area contributed by atoms with Gasteiger partial charge in [-0.1, -0.05) is 6.92 Å². The van der Waals surface area contributed by atoms with E-state index in [4.69, 9.17) is 15.2 Å². The Hall–Kier alpha value is -0.160. The van der Waals surface area contributed by atoms with Crippen LogP contribution in [0, 0.1) is 0 Å². The van der Waals surface area contributed by atoms with Gasteiger partial charge in [0.2, 0.25) is 0 Å². The van der Waals surface area contributed by atoms with Gasteiger partial charge in [-0.2, -0.15) is 0 Å². The van der Waals surface area contributed by atoms with E-state index in [0.717, 1.165) is 52.2 Å². The third kappa shape index (κ3) is 2.57. The number of ether oxygens (including phenoxy) is 2. The first-order valence-corrected chi connectivity index (χ1v) is 7.24. The van der Waals surface area contributed by atoms with Crippen LogP contribution >= 0.6 is 0 Å². The van der Waals surface area contributed by atoms with E-state index in [1.807, 2.05) is 0 Å². The Morgan fingerprint density at radius 1 is 1.39 bits per heavy atom. The second-order valence-corrected chi connectivity index (χ2v) is 6.12. The van der Waals surface area contributed by atoms with Crippen LogP contribution in [0.3, 0.4) is 0 Å². The first-order chi connectivity index (χ1) is 8.55. The van der Waals surface area contributed by atoms with Crippen LogP contribution in [0.5, 0.6) is 0 Å². The topological polar surface area (TPSA) is 47.7 Å². The molecule has 0 radical (unpaired) electrons. The largest absolute Gasteiger partial charge is 0.379 e. The molecule has 0 aromatic carbocycles. The molecule has 0 amide bonds. The summed E-state index contributed by atoms with van der Waals surface area (Å²) in [5.41, 5.74) is 6.25. The molecule has 3 atom stereocenters. The van der Waals surface area contributed by atoms with Gasteiger partial charge in [0.05, 0.1) is 18.8 Å². The van der Waals surface area contributed by atoms with Crippen molar-refractivity contribution in [2.75, 3.05) is 32.9 Å². The molecule has 0 aromatic rings. The molecule has 106 valence electrons. The molecule has 18 heavy (non-hydrogen) atoms. The zero-order valence-electron chi connectivity index (χ0n) is 12.1. The lowest BCUT2D eigenvalue weighted by atomic mass is 9.77. The number of hydrogen-bond donors (Lipinski definition) is 1. The summed E-state index contributed by atoms with van der Waals surface area (Å²) in [5, 5.41) is 0. The normalized spacial score (nSPS) is 43.0. The Morgan fingerprint density at radius 3 is 2.78 bits per heavy atom. The molecule has 2 fully saturated rings. The van der Waals surface area contributed by atoms with Crippen LogP contribution in [-0.4, -0.2) is 55.0 Å². The van der Waals surface area contributed by atoms with Gasteiger partial charge in [-0.05, 0) is 33.1 Å². The predicted octanol–water partition coefficient (Wildman–Crippen LogP) is 1.38. The second kappa shape index (κ2) is 5.45. The third-order valence-electron chi connectivity index (χ3n) is 4.83. The van der Waals surface area contributed by atoms with Crippen LogP contribution in [0.15, 0.2) is 0 Å². The van der Waals surface area contributed by atoms with Crippen LogP contribution in [0.25, 0.3) is 0 Å². The fourth-order valence-electron chi connectivity index (χ4n) is 3.52. The predicted molar refractivity (Wildman–Crippen MR) is 72.7 cm³/mol. The minimum absolute atomic E-state index is 0.0182. The maximum absolute atomic E-state index is 6.17. The minimum Gasteiger partial charge on any atom is -0.379 e. The van der Waals surface area contributed by atoms with Crippen molar-refractivity contribution in [1.82, 2.24) is 4.90 Å². The van der Waals surface area contributed by atoms with E-state index in [0.29, 0.717) is 6.04 Å². The van der Waals surface area contributed by atoms with Crippen molar-refractivity contribution in [3.63, 3.8) is 0 Å². The molecule has 3 unspecified atom stereocenters. The molecule has 4 nitrogen and oxygen atoms in total. The number of morpholine rings is 1. The SMILES string of the molecule is CCC1(C)CC(CN)(N2CCOCC2C)CCO1. The molecule has 2 N–H and O–H groups in total. The van der Waals surface area contributed by atoms with Gasteiger partial charge in [0.25, 0.3) is 0 Å². The Bertz CT molecular complexity index is 287. The summed E-state index contributed by atoms with van der Waals surface area (Å²) >= 11 is 0. The fraction of sp³-hybridized carbons (Fsp3) is 1.00. The summed E-state index contributed by atoms with van der Waals surface area (Å²) in [5.74, 6) is 0. The molecule has 0 aromatic heterocycles. The van der Waals surface area contributed by atoms with Gasteiger partial charge >= 0.3 is 0 Å². The monoisotopic (exact) mass is 256 g/mol. The molecular weight excluding hydrogens is 228 g/mol. The van der Waals surface area contributed by atoms with E-state index in [1.165, 1.54) is 0 Å². The molecule has 2 aliphatic heterocycles. The van der Waals surface area contributed by atoms with Gasteiger partial charge in [0.15, 0.2) is 0 Å². The molecular formula is C14H28N2O2. The first-order valence-electron chi connectivity index (χ1n) is 7.24. The van der Waals surface area contributed by atoms with Gasteiger partial charge < -0.3 is 15.2 Å². The summed E-state index contributed by atoms with van der Waals surface area (Å²) in [6, 6.07) is 0.460. The van der Waals surface area contributed by atoms with Gasteiger partial charge in [0.1, 0.15) is 0 Å². The van der Waals surface area contributed by atoms with Crippen molar-refractivity contribution in [3.05, 3.63) is 0 Å². The van der Waals surface area contributed by atoms with E-state index < -0.39 is 0 Å². The molecule has 2 aliphatic rings. The number of nitrogens with two attached hydrogens (primary N) is 1. The average Bonchev–Trinajstić information content (AvgIpc) is 2.39. The van der Waals surface area contributed by atoms with Crippen LogP contribution in [-0.2, 0) is 9.47 Å². The van der Waals surface area contributed by atoms with Crippen molar-refractivity contribution in [2.45, 2.75) is 57.2 Å². The van der Waals surface area contributed by atoms with Gasteiger partial charge in [-0.15, -0.1) is 0 Å². The van der Waals surface area contributed by atoms with Crippen molar-refractivity contribution in [1.29, 1.82) is 0 Å². The summed E-state index contributed by atoms with van der Waals surface area (Å²) in [7, 11) is 0. The van der Waals surface area contributed by atoms with E-state index in [9.17, 15) is 0 Å². The molecule has 4 heteroatoms. The standard InChI is InChI=1S/C14H28N2O2/c1-4-13(3)10-14(11-15,5-7-18-13)16-6-8-17-9-12(16)2/h12H,4-11,15H2,1-3H3. The van der Waals surface area contributed by atoms with Gasteiger partial charge in [-0.25, -0.2) is 0 Å². The van der Waals surface area contributed by atoms with E-state index in [-0.39, 0.29) is 11.1 Å². The number of nitrogens with zero attached hydrogens (tertiary/aromatic N) is 1. The summed E-state index contributed by atoms with van der Waals surface area (Å²) in [6.07, 6.45) is 3.13. The zero-order chi connectivity index (χ0) is 13.2. The maximum atomic E-state index is 6.17. The molecule has 0 aliphatic carbocycles. The van der Waals surface area contributed by atoms with Crippen LogP contribution in [0.2, 0.25) is 0 Å². The number of hydrogen-bond acceptors (Lipinski definition) is 4. The minimum atomic E-state index is -0.0182. The Kier molecular flexibility index (Phi) is 4.32. The Balaban J connectivity index is 2.18. The van der Waals surface area contributed by atoms with Crippen molar-refractivity contribution in [3.8, 4) is 0 Å². The van der Waals surface area contributed by atoms with Crippen LogP contribution in [0.4, 0.5) is 0 Å². The van der Waals surface area contributed by atoms with Gasteiger partial charge in [-0.3, -0.25) is 4.90 Å². The van der Waals surface area contributed by atoms with Crippen LogP contribution in [0.1, 0.15) is 40.0 Å². The Labute approximate surface area is 111 Å². The molecule has 2 rings (SSSR count). The van der Waals surface area contributed by atoms with Gasteiger partial charge in [0, 0.05) is 31.3 Å². The fourth-order valence-corrected chi connectivity index (χ4v) is 3.52. The summed E-state index contributed by atoms with van der Waals surface area (Å²) in [4.78, 5) is 2.58. The Morgan fingerprint density at radius 2 is 2.17 bits per heavy atom. The molecule has 0 spiro atoms. The van der Waals surface area contributed by atoms with Crippen LogP contribution < -0.4 is 5.73 Å². The first kappa shape index (κ1) is 14.3. The summed E-state index contributed by atoms with van der Waals surface area (Å²) < 4.78 is 11.5.